The number of amides is 2. The molecule has 0 bridgehead atoms. The first kappa shape index (κ1) is 22.5. The number of nitrogens with one attached hydrogen (secondary N) is 2. The Morgan fingerprint density at radius 2 is 1.61 bits per heavy atom. The minimum atomic E-state index is -1.16. The summed E-state index contributed by atoms with van der Waals surface area (Å²) in [5.74, 6) is -1.87. The second kappa shape index (κ2) is 9.46. The lowest BCUT2D eigenvalue weighted by molar-refractivity contribution is -0.138. The van der Waals surface area contributed by atoms with Gasteiger partial charge in [0.1, 0.15) is 12.6 Å². The summed E-state index contributed by atoms with van der Waals surface area (Å²) in [4.78, 5) is 36.2. The first-order valence-corrected chi connectivity index (χ1v) is 11.1. The van der Waals surface area contributed by atoms with Crippen LogP contribution in [0, 0.1) is 0 Å². The number of benzene rings is 3. The average Bonchev–Trinajstić information content (AvgIpc) is 3.11. The van der Waals surface area contributed by atoms with Crippen LogP contribution in [-0.4, -0.2) is 35.7 Å². The molecule has 0 fully saturated rings. The Hall–Kier alpha value is -3.65. The molecule has 168 valence electrons. The van der Waals surface area contributed by atoms with Gasteiger partial charge in [-0.25, -0.2) is 4.79 Å². The lowest BCUT2D eigenvalue weighted by atomic mass is 9.98. The quantitative estimate of drug-likeness (QED) is 0.433. The van der Waals surface area contributed by atoms with Crippen molar-refractivity contribution in [2.75, 3.05) is 11.9 Å². The summed E-state index contributed by atoms with van der Waals surface area (Å²) in [6.45, 7) is 1.49. The molecule has 2 amide bonds. The van der Waals surface area contributed by atoms with Crippen molar-refractivity contribution in [1.82, 2.24) is 5.32 Å². The highest BCUT2D eigenvalue weighted by molar-refractivity contribution is 9.10. The average molecular weight is 509 g/mol. The zero-order chi connectivity index (χ0) is 23.5. The van der Waals surface area contributed by atoms with Crippen LogP contribution < -0.4 is 10.6 Å². The number of carboxylic acid groups (broad SMARTS) is 1. The van der Waals surface area contributed by atoms with E-state index in [-0.39, 0.29) is 23.8 Å². The molecule has 4 rings (SSSR count). The van der Waals surface area contributed by atoms with Gasteiger partial charge in [0.15, 0.2) is 0 Å². The van der Waals surface area contributed by atoms with Crippen molar-refractivity contribution in [3.63, 3.8) is 0 Å². The van der Waals surface area contributed by atoms with E-state index in [1.807, 2.05) is 36.4 Å². The fourth-order valence-electron chi connectivity index (χ4n) is 3.90. The number of aliphatic carboxylic acids is 1. The molecule has 0 unspecified atom stereocenters. The highest BCUT2D eigenvalue weighted by Gasteiger charge is 2.29. The fraction of sp³-hybridized carbons (Fsp3) is 0.160. The molecule has 3 aromatic rings. The summed E-state index contributed by atoms with van der Waals surface area (Å²) in [7, 11) is 0. The number of fused-ring (bicyclic) bond motifs is 3. The van der Waals surface area contributed by atoms with Crippen LogP contribution in [0.4, 0.5) is 10.5 Å². The number of carbonyl (C=O) groups excluding carboxylic acids is 2. The normalized spacial score (nSPS) is 12.9. The number of hydrogen-bond acceptors (Lipinski definition) is 4. The largest absolute Gasteiger partial charge is 0.480 e. The molecule has 0 aliphatic heterocycles. The molecule has 33 heavy (non-hydrogen) atoms. The Balaban J connectivity index is 1.49. The summed E-state index contributed by atoms with van der Waals surface area (Å²) in [5.41, 5.74) is 4.77. The van der Waals surface area contributed by atoms with Crippen molar-refractivity contribution in [1.29, 1.82) is 0 Å². The van der Waals surface area contributed by atoms with E-state index in [4.69, 9.17) is 9.84 Å². The fourth-order valence-corrected chi connectivity index (χ4v) is 4.26. The van der Waals surface area contributed by atoms with Crippen LogP contribution in [0.15, 0.2) is 71.2 Å². The first-order valence-electron chi connectivity index (χ1n) is 10.3. The van der Waals surface area contributed by atoms with Crippen molar-refractivity contribution in [3.05, 3.63) is 87.9 Å². The molecule has 1 aliphatic carbocycles. The minimum Gasteiger partial charge on any atom is -0.480 e. The number of carboxylic acids is 1. The second-order valence-corrected chi connectivity index (χ2v) is 8.59. The standard InChI is InChI=1S/C25H21BrN2O5/c1-14(24(30)31)27-23(29)20-11-10-15(26)12-22(20)28-25(32)33-13-21-18-8-4-2-6-16(18)17-7-3-5-9-19(17)21/h2-12,14,21H,13H2,1H3,(H,27,29)(H,28,32)(H,30,31)/t14-/m0/s1. The van der Waals surface area contributed by atoms with Crippen molar-refractivity contribution in [2.24, 2.45) is 0 Å². The third kappa shape index (κ3) is 4.75. The molecule has 7 nitrogen and oxygen atoms in total. The van der Waals surface area contributed by atoms with Gasteiger partial charge >= 0.3 is 12.1 Å². The maximum atomic E-state index is 12.6. The molecular weight excluding hydrogens is 488 g/mol. The van der Waals surface area contributed by atoms with Gasteiger partial charge in [-0.15, -0.1) is 0 Å². The van der Waals surface area contributed by atoms with Gasteiger partial charge in [0.25, 0.3) is 5.91 Å². The monoisotopic (exact) mass is 508 g/mol. The van der Waals surface area contributed by atoms with Gasteiger partial charge in [-0.1, -0.05) is 64.5 Å². The number of halogens is 1. The third-order valence-corrected chi connectivity index (χ3v) is 6.02. The predicted octanol–water partition coefficient (Wildman–Crippen LogP) is 5.01. The van der Waals surface area contributed by atoms with E-state index in [1.54, 1.807) is 12.1 Å². The van der Waals surface area contributed by atoms with E-state index in [0.717, 1.165) is 22.3 Å². The highest BCUT2D eigenvalue weighted by Crippen LogP contribution is 2.44. The summed E-state index contributed by atoms with van der Waals surface area (Å²) in [6, 6.07) is 19.7. The Kier molecular flexibility index (Phi) is 6.46. The molecule has 8 heteroatoms. The first-order chi connectivity index (χ1) is 15.8. The summed E-state index contributed by atoms with van der Waals surface area (Å²) < 4.78 is 6.18. The predicted molar refractivity (Wildman–Crippen MR) is 127 cm³/mol. The van der Waals surface area contributed by atoms with Gasteiger partial charge in [0, 0.05) is 10.4 Å². The van der Waals surface area contributed by atoms with Crippen LogP contribution in [0.1, 0.15) is 34.3 Å². The Bertz CT molecular complexity index is 1200. The molecule has 3 aromatic carbocycles. The SMILES string of the molecule is C[C@H](NC(=O)c1ccc(Br)cc1NC(=O)OCC1c2ccccc2-c2ccccc21)C(=O)O. The van der Waals surface area contributed by atoms with Gasteiger partial charge in [-0.05, 0) is 47.4 Å². The van der Waals surface area contributed by atoms with Gasteiger partial charge in [-0.3, -0.25) is 14.9 Å². The molecule has 1 atom stereocenters. The summed E-state index contributed by atoms with van der Waals surface area (Å²) >= 11 is 3.32. The van der Waals surface area contributed by atoms with Crippen LogP contribution >= 0.6 is 15.9 Å². The highest BCUT2D eigenvalue weighted by atomic mass is 79.9. The van der Waals surface area contributed by atoms with Gasteiger partial charge < -0.3 is 15.2 Å². The zero-order valence-electron chi connectivity index (χ0n) is 17.7. The Morgan fingerprint density at radius 3 is 2.21 bits per heavy atom. The van der Waals surface area contributed by atoms with Crippen LogP contribution in [0.25, 0.3) is 11.1 Å². The molecule has 3 N–H and O–H groups in total. The van der Waals surface area contributed by atoms with Crippen molar-refractivity contribution in [3.8, 4) is 11.1 Å². The Labute approximate surface area is 198 Å². The third-order valence-electron chi connectivity index (χ3n) is 5.52. The molecular formula is C25H21BrN2O5. The number of carbonyl (C=O) groups is 3. The van der Waals surface area contributed by atoms with Crippen molar-refractivity contribution >= 4 is 39.6 Å². The van der Waals surface area contributed by atoms with Crippen molar-refractivity contribution < 1.29 is 24.2 Å². The van der Waals surface area contributed by atoms with Crippen molar-refractivity contribution in [2.45, 2.75) is 18.9 Å². The van der Waals surface area contributed by atoms with E-state index >= 15 is 0 Å². The smallest absolute Gasteiger partial charge is 0.411 e. The number of ether oxygens (including phenoxy) is 1. The van der Waals surface area contributed by atoms with Crippen LogP contribution in [0.5, 0.6) is 0 Å². The maximum Gasteiger partial charge on any atom is 0.411 e. The van der Waals surface area contributed by atoms with Crippen LogP contribution in [-0.2, 0) is 9.53 Å². The molecule has 0 spiro atoms. The van der Waals surface area contributed by atoms with E-state index in [9.17, 15) is 14.4 Å². The molecule has 0 saturated heterocycles. The number of hydrogen-bond donors (Lipinski definition) is 3. The van der Waals surface area contributed by atoms with E-state index in [1.165, 1.54) is 13.0 Å². The second-order valence-electron chi connectivity index (χ2n) is 7.67. The Morgan fingerprint density at radius 1 is 1.00 bits per heavy atom. The minimum absolute atomic E-state index is 0.0927. The number of anilines is 1. The van der Waals surface area contributed by atoms with Gasteiger partial charge in [0.2, 0.25) is 0 Å². The van der Waals surface area contributed by atoms with E-state index in [0.29, 0.717) is 4.47 Å². The maximum absolute atomic E-state index is 12.6. The van der Waals surface area contributed by atoms with E-state index in [2.05, 4.69) is 38.7 Å². The molecule has 0 radical (unpaired) electrons. The van der Waals surface area contributed by atoms with Gasteiger partial charge in [0.05, 0.1) is 11.3 Å². The van der Waals surface area contributed by atoms with Crippen LogP contribution in [0.2, 0.25) is 0 Å². The van der Waals surface area contributed by atoms with Gasteiger partial charge in [-0.2, -0.15) is 0 Å². The molecule has 0 heterocycles. The molecule has 0 saturated carbocycles. The zero-order valence-corrected chi connectivity index (χ0v) is 19.3. The van der Waals surface area contributed by atoms with Crippen LogP contribution in [0.3, 0.4) is 0 Å². The summed E-state index contributed by atoms with van der Waals surface area (Å²) in [6.07, 6.45) is -0.713. The lowest BCUT2D eigenvalue weighted by Crippen LogP contribution is -2.38. The topological polar surface area (TPSA) is 105 Å². The van der Waals surface area contributed by atoms with E-state index < -0.39 is 24.0 Å². The summed E-state index contributed by atoms with van der Waals surface area (Å²) in [5, 5.41) is 14.0. The molecule has 1 aliphatic rings. The lowest BCUT2D eigenvalue weighted by Gasteiger charge is -2.16. The number of rotatable bonds is 6. The molecule has 0 aromatic heterocycles.